The van der Waals surface area contributed by atoms with E-state index in [0.29, 0.717) is 12.4 Å². The predicted molar refractivity (Wildman–Crippen MR) is 152 cm³/mol. The minimum Gasteiger partial charge on any atom is -0.324 e. The standard InChI is InChI=1S/C31H34N6O/c1-22-10-12-32-20-27(22)28-11-13-33-31(34-28)35-29-18-25(5-4-23(29)2)19-30(38)26-8-6-24(7-9-26)21-37-16-14-36(3)15-17-37/h4-13,18,20H,14-17,19,21H2,1-3H3,(H,33,34,35). The Labute approximate surface area is 224 Å². The number of aryl methyl sites for hydroxylation is 2. The number of likely N-dealkylation sites (N-methyl/N-ethyl adjacent to an activating group) is 1. The van der Waals surface area contributed by atoms with Gasteiger partial charge in [0.15, 0.2) is 5.78 Å². The number of benzene rings is 2. The molecule has 0 amide bonds. The second-order valence-electron chi connectivity index (χ2n) is 10.1. The van der Waals surface area contributed by atoms with Crippen LogP contribution in [0.4, 0.5) is 11.6 Å². The average Bonchev–Trinajstić information content (AvgIpc) is 2.93. The van der Waals surface area contributed by atoms with Crippen LogP contribution in [-0.2, 0) is 13.0 Å². The first-order chi connectivity index (χ1) is 18.4. The number of nitrogens with one attached hydrogen (secondary N) is 1. The van der Waals surface area contributed by atoms with Crippen molar-refractivity contribution in [2.75, 3.05) is 38.5 Å². The van der Waals surface area contributed by atoms with Crippen molar-refractivity contribution in [2.45, 2.75) is 26.8 Å². The lowest BCUT2D eigenvalue weighted by Crippen LogP contribution is -2.43. The van der Waals surface area contributed by atoms with Crippen molar-refractivity contribution >= 4 is 17.4 Å². The normalized spacial score (nSPS) is 14.4. The smallest absolute Gasteiger partial charge is 0.227 e. The zero-order valence-electron chi connectivity index (χ0n) is 22.3. The Kier molecular flexibility index (Phi) is 7.86. The molecule has 0 bridgehead atoms. The molecule has 7 heteroatoms. The molecule has 1 aliphatic rings. The maximum atomic E-state index is 13.1. The van der Waals surface area contributed by atoms with Crippen LogP contribution < -0.4 is 5.32 Å². The summed E-state index contributed by atoms with van der Waals surface area (Å²) in [6.45, 7) is 9.37. The lowest BCUT2D eigenvalue weighted by atomic mass is 10.00. The van der Waals surface area contributed by atoms with Gasteiger partial charge in [-0.25, -0.2) is 9.97 Å². The summed E-state index contributed by atoms with van der Waals surface area (Å²) < 4.78 is 0. The number of piperazine rings is 1. The van der Waals surface area contributed by atoms with E-state index < -0.39 is 0 Å². The van der Waals surface area contributed by atoms with Crippen LogP contribution in [0.5, 0.6) is 0 Å². The van der Waals surface area contributed by atoms with Crippen LogP contribution in [0.2, 0.25) is 0 Å². The number of nitrogens with zero attached hydrogens (tertiary/aromatic N) is 5. The van der Waals surface area contributed by atoms with Crippen molar-refractivity contribution in [3.63, 3.8) is 0 Å². The van der Waals surface area contributed by atoms with E-state index in [2.05, 4.69) is 44.3 Å². The number of aromatic nitrogens is 3. The van der Waals surface area contributed by atoms with E-state index in [1.807, 2.05) is 62.5 Å². The summed E-state index contributed by atoms with van der Waals surface area (Å²) in [6.07, 6.45) is 5.67. The third kappa shape index (κ3) is 6.30. The summed E-state index contributed by atoms with van der Waals surface area (Å²) in [5, 5.41) is 3.34. The number of Topliss-reactive ketones (excluding diaryl/α,β-unsaturated/α-hetero) is 1. The van der Waals surface area contributed by atoms with Crippen molar-refractivity contribution in [1.29, 1.82) is 0 Å². The maximum Gasteiger partial charge on any atom is 0.227 e. The third-order valence-electron chi connectivity index (χ3n) is 7.16. The monoisotopic (exact) mass is 506 g/mol. The molecule has 7 nitrogen and oxygen atoms in total. The van der Waals surface area contributed by atoms with Crippen molar-refractivity contribution in [3.05, 3.63) is 101 Å². The first-order valence-corrected chi connectivity index (χ1v) is 13.1. The van der Waals surface area contributed by atoms with Gasteiger partial charge in [-0.1, -0.05) is 36.4 Å². The van der Waals surface area contributed by atoms with Crippen LogP contribution >= 0.6 is 0 Å². The molecule has 3 heterocycles. The van der Waals surface area contributed by atoms with Crippen molar-refractivity contribution in [1.82, 2.24) is 24.8 Å². The van der Waals surface area contributed by atoms with Crippen LogP contribution in [0.25, 0.3) is 11.3 Å². The Balaban J connectivity index is 1.25. The maximum absolute atomic E-state index is 13.1. The van der Waals surface area contributed by atoms with E-state index in [-0.39, 0.29) is 5.78 Å². The highest BCUT2D eigenvalue weighted by atomic mass is 16.1. The first kappa shape index (κ1) is 25.7. The number of pyridine rings is 1. The van der Waals surface area contributed by atoms with Gasteiger partial charge in [0.25, 0.3) is 0 Å². The van der Waals surface area contributed by atoms with Crippen LogP contribution in [0.1, 0.15) is 32.6 Å². The van der Waals surface area contributed by atoms with Gasteiger partial charge in [-0.05, 0) is 61.3 Å². The molecule has 1 N–H and O–H groups in total. The molecule has 194 valence electrons. The Bertz CT molecular complexity index is 1410. The minimum atomic E-state index is 0.108. The van der Waals surface area contributed by atoms with Gasteiger partial charge in [-0.3, -0.25) is 14.7 Å². The molecule has 0 aliphatic carbocycles. The highest BCUT2D eigenvalue weighted by Crippen LogP contribution is 2.24. The lowest BCUT2D eigenvalue weighted by Gasteiger charge is -2.32. The van der Waals surface area contributed by atoms with E-state index in [0.717, 1.165) is 71.9 Å². The number of hydrogen-bond acceptors (Lipinski definition) is 7. The van der Waals surface area contributed by atoms with Crippen molar-refractivity contribution < 1.29 is 4.79 Å². The fourth-order valence-corrected chi connectivity index (χ4v) is 4.68. The number of carbonyl (C=O) groups is 1. The van der Waals surface area contributed by atoms with Crippen LogP contribution in [0.3, 0.4) is 0 Å². The zero-order valence-corrected chi connectivity index (χ0v) is 22.3. The second kappa shape index (κ2) is 11.6. The van der Waals surface area contributed by atoms with Gasteiger partial charge in [0.05, 0.1) is 5.69 Å². The highest BCUT2D eigenvalue weighted by molar-refractivity contribution is 5.97. The molecular formula is C31H34N6O. The number of carbonyl (C=O) groups excluding carboxylic acids is 1. The van der Waals surface area contributed by atoms with Crippen LogP contribution in [-0.4, -0.2) is 63.8 Å². The van der Waals surface area contributed by atoms with Gasteiger partial charge in [-0.2, -0.15) is 0 Å². The quantitative estimate of drug-likeness (QED) is 0.334. The summed E-state index contributed by atoms with van der Waals surface area (Å²) in [5.41, 5.74) is 7.77. The molecule has 0 saturated carbocycles. The van der Waals surface area contributed by atoms with E-state index >= 15 is 0 Å². The minimum absolute atomic E-state index is 0.108. The van der Waals surface area contributed by atoms with Gasteiger partial charge in [0, 0.05) is 74.5 Å². The van der Waals surface area contributed by atoms with E-state index in [4.69, 9.17) is 4.98 Å². The zero-order chi connectivity index (χ0) is 26.5. The number of ketones is 1. The molecule has 0 unspecified atom stereocenters. The Hall–Kier alpha value is -3.94. The van der Waals surface area contributed by atoms with Gasteiger partial charge in [0.1, 0.15) is 0 Å². The van der Waals surface area contributed by atoms with E-state index in [1.54, 1.807) is 12.4 Å². The molecule has 5 rings (SSSR count). The molecule has 4 aromatic rings. The lowest BCUT2D eigenvalue weighted by molar-refractivity contribution is 0.0993. The molecule has 0 radical (unpaired) electrons. The largest absolute Gasteiger partial charge is 0.324 e. The van der Waals surface area contributed by atoms with Crippen LogP contribution in [0.15, 0.2) is 73.2 Å². The fraction of sp³-hybridized carbons (Fsp3) is 0.290. The van der Waals surface area contributed by atoms with Gasteiger partial charge < -0.3 is 10.2 Å². The molecule has 0 atom stereocenters. The molecule has 0 spiro atoms. The van der Waals surface area contributed by atoms with Gasteiger partial charge in [-0.15, -0.1) is 0 Å². The summed E-state index contributed by atoms with van der Waals surface area (Å²) in [4.78, 5) is 31.2. The van der Waals surface area contributed by atoms with Gasteiger partial charge in [0.2, 0.25) is 5.95 Å². The van der Waals surface area contributed by atoms with E-state index in [1.165, 1.54) is 5.56 Å². The number of anilines is 2. The molecular weight excluding hydrogens is 472 g/mol. The topological polar surface area (TPSA) is 74.2 Å². The predicted octanol–water partition coefficient (Wildman–Crippen LogP) is 5.07. The summed E-state index contributed by atoms with van der Waals surface area (Å²) >= 11 is 0. The summed E-state index contributed by atoms with van der Waals surface area (Å²) in [7, 11) is 2.17. The Morgan fingerprint density at radius 1 is 0.895 bits per heavy atom. The third-order valence-corrected chi connectivity index (χ3v) is 7.16. The summed E-state index contributed by atoms with van der Waals surface area (Å²) in [6, 6.07) is 18.0. The molecule has 1 fully saturated rings. The van der Waals surface area contributed by atoms with E-state index in [9.17, 15) is 4.79 Å². The van der Waals surface area contributed by atoms with Crippen LogP contribution in [0, 0.1) is 13.8 Å². The Morgan fingerprint density at radius 2 is 1.66 bits per heavy atom. The number of rotatable bonds is 8. The molecule has 38 heavy (non-hydrogen) atoms. The van der Waals surface area contributed by atoms with Gasteiger partial charge >= 0.3 is 0 Å². The van der Waals surface area contributed by atoms with Crippen molar-refractivity contribution in [3.8, 4) is 11.3 Å². The van der Waals surface area contributed by atoms with Crippen molar-refractivity contribution in [2.24, 2.45) is 0 Å². The Morgan fingerprint density at radius 3 is 2.42 bits per heavy atom. The molecule has 2 aromatic heterocycles. The highest BCUT2D eigenvalue weighted by Gasteiger charge is 2.15. The average molecular weight is 507 g/mol. The summed E-state index contributed by atoms with van der Waals surface area (Å²) in [5.74, 6) is 0.615. The first-order valence-electron chi connectivity index (χ1n) is 13.1. The molecule has 1 saturated heterocycles. The number of hydrogen-bond donors (Lipinski definition) is 1. The molecule has 2 aromatic carbocycles. The second-order valence-corrected chi connectivity index (χ2v) is 10.1. The molecule has 1 aliphatic heterocycles. The SMILES string of the molecule is Cc1ccc(CC(=O)c2ccc(CN3CCN(C)CC3)cc2)cc1Nc1nccc(-c2cnccc2C)n1. The fourth-order valence-electron chi connectivity index (χ4n) is 4.68.